The van der Waals surface area contributed by atoms with Crippen LogP contribution in [0.2, 0.25) is 0 Å². The zero-order chi connectivity index (χ0) is 43.0. The van der Waals surface area contributed by atoms with E-state index in [1.165, 1.54) is 116 Å². The summed E-state index contributed by atoms with van der Waals surface area (Å²) in [5.74, 6) is -1.23. The second-order valence-corrected chi connectivity index (χ2v) is 16.7. The Balaban J connectivity index is 4.13. The van der Waals surface area contributed by atoms with E-state index in [0.29, 0.717) is 12.8 Å². The van der Waals surface area contributed by atoms with Crippen molar-refractivity contribution in [2.24, 2.45) is 0 Å². The third-order valence-corrected chi connectivity index (χ3v) is 11.0. The minimum absolute atomic E-state index is 0.0181. The monoisotopic (exact) mass is 824 g/mol. The zero-order valence-corrected chi connectivity index (χ0v) is 38.6. The van der Waals surface area contributed by atoms with Gasteiger partial charge in [0.15, 0.2) is 0 Å². The number of aliphatic carboxylic acids is 1. The van der Waals surface area contributed by atoms with E-state index in [-0.39, 0.29) is 24.5 Å². The van der Waals surface area contributed by atoms with Gasteiger partial charge in [-0.3, -0.25) is 14.4 Å². The Kier molecular flexibility index (Phi) is 45.4. The Labute approximate surface area is 364 Å². The molecule has 0 aromatic heterocycles. The SMILES string of the molecule is CC/C=C\C/C=C\C/C=C\C/C=C\C/C=C\CCCCCCCCCC(=O)OC(CCCCCCCCCCCCCCCC)CCCCCCCC(=O)NCC(=O)O. The number of carbonyl (C=O) groups excluding carboxylic acids is 2. The molecule has 0 aliphatic heterocycles. The summed E-state index contributed by atoms with van der Waals surface area (Å²) in [4.78, 5) is 35.2. The van der Waals surface area contributed by atoms with Gasteiger partial charge in [0.05, 0.1) is 0 Å². The maximum Gasteiger partial charge on any atom is 0.322 e. The van der Waals surface area contributed by atoms with Gasteiger partial charge in [-0.1, -0.05) is 209 Å². The highest BCUT2D eigenvalue weighted by molar-refractivity contribution is 5.80. The molecule has 0 bridgehead atoms. The molecule has 1 atom stereocenters. The molecule has 340 valence electrons. The largest absolute Gasteiger partial charge is 0.480 e. The molecule has 1 amide bonds. The molecule has 0 saturated carbocycles. The fraction of sp³-hybridized carbons (Fsp3) is 0.755. The highest BCUT2D eigenvalue weighted by atomic mass is 16.5. The van der Waals surface area contributed by atoms with E-state index in [0.717, 1.165) is 103 Å². The van der Waals surface area contributed by atoms with E-state index < -0.39 is 5.97 Å². The second-order valence-electron chi connectivity index (χ2n) is 16.7. The van der Waals surface area contributed by atoms with Crippen LogP contribution in [0.4, 0.5) is 0 Å². The summed E-state index contributed by atoms with van der Waals surface area (Å²) >= 11 is 0. The number of ether oxygens (including phenoxy) is 1. The van der Waals surface area contributed by atoms with Crippen molar-refractivity contribution in [2.75, 3.05) is 6.54 Å². The zero-order valence-electron chi connectivity index (χ0n) is 38.6. The van der Waals surface area contributed by atoms with Crippen LogP contribution in [0, 0.1) is 0 Å². The molecule has 0 spiro atoms. The number of carboxylic acid groups (broad SMARTS) is 1. The van der Waals surface area contributed by atoms with Crippen LogP contribution in [0.1, 0.15) is 245 Å². The number of esters is 1. The molecule has 59 heavy (non-hydrogen) atoms. The fourth-order valence-corrected chi connectivity index (χ4v) is 7.31. The van der Waals surface area contributed by atoms with E-state index in [4.69, 9.17) is 9.84 Å². The van der Waals surface area contributed by atoms with Crippen molar-refractivity contribution < 1.29 is 24.2 Å². The average molecular weight is 824 g/mol. The minimum atomic E-state index is -1.02. The maximum atomic E-state index is 12.8. The minimum Gasteiger partial charge on any atom is -0.480 e. The molecule has 0 saturated heterocycles. The molecular weight excluding hydrogens is 731 g/mol. The Morgan fingerprint density at radius 2 is 0.831 bits per heavy atom. The second kappa shape index (κ2) is 47.8. The molecular formula is C53H93NO5. The number of hydrogen-bond donors (Lipinski definition) is 2. The maximum absolute atomic E-state index is 12.8. The van der Waals surface area contributed by atoms with Gasteiger partial charge in [-0.2, -0.15) is 0 Å². The molecule has 2 N–H and O–H groups in total. The Morgan fingerprint density at radius 1 is 0.458 bits per heavy atom. The summed E-state index contributed by atoms with van der Waals surface area (Å²) in [6, 6.07) is 0. The molecule has 0 aliphatic rings. The molecule has 6 heteroatoms. The van der Waals surface area contributed by atoms with Crippen molar-refractivity contribution in [2.45, 2.75) is 251 Å². The number of amides is 1. The molecule has 6 nitrogen and oxygen atoms in total. The molecule has 0 heterocycles. The van der Waals surface area contributed by atoms with E-state index in [1.54, 1.807) is 0 Å². The number of unbranched alkanes of at least 4 members (excludes halogenated alkanes) is 24. The summed E-state index contributed by atoms with van der Waals surface area (Å²) in [6.07, 6.45) is 63.6. The van der Waals surface area contributed by atoms with Gasteiger partial charge in [0, 0.05) is 12.8 Å². The van der Waals surface area contributed by atoms with Crippen LogP contribution in [0.3, 0.4) is 0 Å². The molecule has 0 aromatic rings. The summed E-state index contributed by atoms with van der Waals surface area (Å²) < 4.78 is 6.06. The van der Waals surface area contributed by atoms with Crippen molar-refractivity contribution in [1.82, 2.24) is 5.32 Å². The van der Waals surface area contributed by atoms with Gasteiger partial charge in [-0.25, -0.2) is 0 Å². The van der Waals surface area contributed by atoms with Crippen LogP contribution in [-0.2, 0) is 19.1 Å². The van der Waals surface area contributed by atoms with Crippen LogP contribution in [-0.4, -0.2) is 35.6 Å². The highest BCUT2D eigenvalue weighted by Gasteiger charge is 2.14. The van der Waals surface area contributed by atoms with E-state index >= 15 is 0 Å². The lowest BCUT2D eigenvalue weighted by molar-refractivity contribution is -0.150. The standard InChI is InChI=1S/C53H93NO5/c1-3-5-7-9-11-13-15-17-19-20-21-22-23-24-25-26-27-29-31-33-35-40-44-48-53(58)59-50(46-42-38-36-39-43-47-51(55)54-49-52(56)57)45-41-37-34-32-30-28-18-16-14-12-10-8-6-4-2/h5,7,11,13,17,19,21-22,24-25,50H,3-4,6,8-10,12,14-16,18,20,23,26-49H2,1-2H3,(H,54,55)(H,56,57)/b7-5-,13-11-,19-17-,22-21-,25-24-. The topological polar surface area (TPSA) is 92.7 Å². The van der Waals surface area contributed by atoms with Crippen molar-refractivity contribution in [1.29, 1.82) is 0 Å². The fourth-order valence-electron chi connectivity index (χ4n) is 7.31. The van der Waals surface area contributed by atoms with E-state index in [1.807, 2.05) is 0 Å². The van der Waals surface area contributed by atoms with Gasteiger partial charge >= 0.3 is 11.9 Å². The third kappa shape index (κ3) is 47.7. The first-order chi connectivity index (χ1) is 29.0. The predicted octanol–water partition coefficient (Wildman–Crippen LogP) is 16.0. The number of carboxylic acids is 1. The van der Waals surface area contributed by atoms with Crippen molar-refractivity contribution in [3.63, 3.8) is 0 Å². The summed E-state index contributed by atoms with van der Waals surface area (Å²) in [7, 11) is 0. The van der Waals surface area contributed by atoms with Gasteiger partial charge in [-0.05, 0) is 83.5 Å². The lowest BCUT2D eigenvalue weighted by Gasteiger charge is -2.18. The van der Waals surface area contributed by atoms with Crippen LogP contribution in [0.25, 0.3) is 0 Å². The van der Waals surface area contributed by atoms with Gasteiger partial charge < -0.3 is 15.2 Å². The van der Waals surface area contributed by atoms with Crippen molar-refractivity contribution in [3.05, 3.63) is 60.8 Å². The Bertz CT molecular complexity index is 1090. The summed E-state index contributed by atoms with van der Waals surface area (Å²) in [6.45, 7) is 4.13. The van der Waals surface area contributed by atoms with Gasteiger partial charge in [0.1, 0.15) is 12.6 Å². The first-order valence-corrected chi connectivity index (χ1v) is 24.9. The summed E-state index contributed by atoms with van der Waals surface area (Å²) in [5, 5.41) is 11.1. The van der Waals surface area contributed by atoms with Gasteiger partial charge in [0.2, 0.25) is 5.91 Å². The van der Waals surface area contributed by atoms with Gasteiger partial charge in [-0.15, -0.1) is 0 Å². The van der Waals surface area contributed by atoms with E-state index in [9.17, 15) is 14.4 Å². The number of rotatable bonds is 45. The third-order valence-electron chi connectivity index (χ3n) is 11.0. The Hall–Kier alpha value is -2.89. The van der Waals surface area contributed by atoms with Crippen LogP contribution >= 0.6 is 0 Å². The quantitative estimate of drug-likeness (QED) is 0.0362. The lowest BCUT2D eigenvalue weighted by atomic mass is 10.0. The molecule has 0 rings (SSSR count). The first-order valence-electron chi connectivity index (χ1n) is 24.9. The number of nitrogens with one attached hydrogen (secondary N) is 1. The van der Waals surface area contributed by atoms with Gasteiger partial charge in [0.25, 0.3) is 0 Å². The first kappa shape index (κ1) is 56.1. The smallest absolute Gasteiger partial charge is 0.322 e. The summed E-state index contributed by atoms with van der Waals surface area (Å²) in [5.41, 5.74) is 0. The number of carbonyl (C=O) groups is 3. The molecule has 0 aliphatic carbocycles. The van der Waals surface area contributed by atoms with Crippen molar-refractivity contribution >= 4 is 17.8 Å². The van der Waals surface area contributed by atoms with Crippen LogP contribution < -0.4 is 5.32 Å². The lowest BCUT2D eigenvalue weighted by Crippen LogP contribution is -2.28. The average Bonchev–Trinajstić information content (AvgIpc) is 3.22. The highest BCUT2D eigenvalue weighted by Crippen LogP contribution is 2.19. The Morgan fingerprint density at radius 3 is 1.27 bits per heavy atom. The normalized spacial score (nSPS) is 12.6. The molecule has 0 fully saturated rings. The molecule has 1 unspecified atom stereocenters. The number of allylic oxidation sites excluding steroid dienone is 10. The van der Waals surface area contributed by atoms with Crippen molar-refractivity contribution in [3.8, 4) is 0 Å². The van der Waals surface area contributed by atoms with Crippen LogP contribution in [0.5, 0.6) is 0 Å². The molecule has 0 radical (unpaired) electrons. The predicted molar refractivity (Wildman–Crippen MR) is 254 cm³/mol. The number of hydrogen-bond acceptors (Lipinski definition) is 4. The molecule has 0 aromatic carbocycles. The van der Waals surface area contributed by atoms with E-state index in [2.05, 4.69) is 79.9 Å². The van der Waals surface area contributed by atoms with Crippen LogP contribution in [0.15, 0.2) is 60.8 Å².